The first-order chi connectivity index (χ1) is 13.0. The Bertz CT molecular complexity index is 978. The third-order valence-corrected chi connectivity index (χ3v) is 4.76. The van der Waals surface area contributed by atoms with Gasteiger partial charge in [-0.25, -0.2) is 4.98 Å². The predicted molar refractivity (Wildman–Crippen MR) is 108 cm³/mol. The largest absolute Gasteiger partial charge is 0.355 e. The third kappa shape index (κ3) is 4.82. The molecule has 0 aliphatic heterocycles. The predicted octanol–water partition coefficient (Wildman–Crippen LogP) is 3.34. The number of carbonyl (C=O) groups is 1. The zero-order valence-electron chi connectivity index (χ0n) is 15.8. The van der Waals surface area contributed by atoms with Crippen LogP contribution in [0.15, 0.2) is 59.4 Å². The zero-order valence-corrected chi connectivity index (χ0v) is 15.8. The van der Waals surface area contributed by atoms with Crippen LogP contribution < -0.4 is 10.9 Å². The quantitative estimate of drug-likeness (QED) is 0.676. The molecule has 0 unspecified atom stereocenters. The summed E-state index contributed by atoms with van der Waals surface area (Å²) in [7, 11) is 0. The van der Waals surface area contributed by atoms with Gasteiger partial charge < -0.3 is 10.3 Å². The lowest BCUT2D eigenvalue weighted by Crippen LogP contribution is -2.36. The molecule has 5 heteroatoms. The maximum absolute atomic E-state index is 12.2. The third-order valence-electron chi connectivity index (χ3n) is 4.76. The van der Waals surface area contributed by atoms with Crippen molar-refractivity contribution in [3.8, 4) is 0 Å². The number of amides is 1. The van der Waals surface area contributed by atoms with Gasteiger partial charge in [-0.3, -0.25) is 9.59 Å². The SMILES string of the molecule is CC(C)(CNC(=O)CCCc1nc2ccccc2c(=O)[nH]1)c1ccccc1. The van der Waals surface area contributed by atoms with E-state index in [1.807, 2.05) is 36.4 Å². The molecule has 140 valence electrons. The molecular weight excluding hydrogens is 338 g/mol. The fourth-order valence-electron chi connectivity index (χ4n) is 3.07. The molecule has 5 nitrogen and oxygen atoms in total. The second-order valence-electron chi connectivity index (χ2n) is 7.41. The van der Waals surface area contributed by atoms with Crippen molar-refractivity contribution >= 4 is 16.8 Å². The molecule has 3 rings (SSSR count). The molecule has 3 aromatic rings. The summed E-state index contributed by atoms with van der Waals surface area (Å²) in [6, 6.07) is 17.4. The smallest absolute Gasteiger partial charge is 0.258 e. The molecule has 1 aromatic heterocycles. The zero-order chi connectivity index (χ0) is 19.3. The van der Waals surface area contributed by atoms with Crippen molar-refractivity contribution in [1.82, 2.24) is 15.3 Å². The van der Waals surface area contributed by atoms with Gasteiger partial charge in [-0.05, 0) is 24.1 Å². The molecular formula is C22H25N3O2. The highest BCUT2D eigenvalue weighted by molar-refractivity contribution is 5.77. The van der Waals surface area contributed by atoms with Gasteiger partial charge in [-0.15, -0.1) is 0 Å². The Morgan fingerprint density at radius 2 is 1.78 bits per heavy atom. The first-order valence-electron chi connectivity index (χ1n) is 9.26. The molecule has 2 aromatic carbocycles. The van der Waals surface area contributed by atoms with Crippen LogP contribution in [0.3, 0.4) is 0 Å². The Labute approximate surface area is 158 Å². The molecule has 0 fully saturated rings. The van der Waals surface area contributed by atoms with Crippen LogP contribution in [0.1, 0.15) is 38.1 Å². The molecule has 0 spiro atoms. The lowest BCUT2D eigenvalue weighted by Gasteiger charge is -2.25. The van der Waals surface area contributed by atoms with Gasteiger partial charge in [0.05, 0.1) is 10.9 Å². The van der Waals surface area contributed by atoms with Crippen LogP contribution in [0.4, 0.5) is 0 Å². The maximum Gasteiger partial charge on any atom is 0.258 e. The number of para-hydroxylation sites is 1. The highest BCUT2D eigenvalue weighted by atomic mass is 16.1. The molecule has 0 radical (unpaired) electrons. The standard InChI is InChI=1S/C22H25N3O2/c1-22(2,16-9-4-3-5-10-16)15-23-20(26)14-8-13-19-24-18-12-7-6-11-17(18)21(27)25-19/h3-7,9-12H,8,13-15H2,1-2H3,(H,23,26)(H,24,25,27). The molecule has 0 bridgehead atoms. The summed E-state index contributed by atoms with van der Waals surface area (Å²) in [4.78, 5) is 31.5. The van der Waals surface area contributed by atoms with E-state index in [2.05, 4.69) is 41.3 Å². The van der Waals surface area contributed by atoms with E-state index in [-0.39, 0.29) is 16.9 Å². The number of carbonyl (C=O) groups excluding carboxylic acids is 1. The summed E-state index contributed by atoms with van der Waals surface area (Å²) in [5, 5.41) is 3.60. The number of H-pyrrole nitrogens is 1. The van der Waals surface area contributed by atoms with Crippen LogP contribution >= 0.6 is 0 Å². The van der Waals surface area contributed by atoms with Gasteiger partial charge in [-0.1, -0.05) is 56.3 Å². The molecule has 0 saturated heterocycles. The Morgan fingerprint density at radius 3 is 2.56 bits per heavy atom. The first-order valence-corrected chi connectivity index (χ1v) is 9.26. The van der Waals surface area contributed by atoms with E-state index in [9.17, 15) is 9.59 Å². The van der Waals surface area contributed by atoms with E-state index in [0.29, 0.717) is 42.5 Å². The van der Waals surface area contributed by atoms with Gasteiger partial charge >= 0.3 is 0 Å². The van der Waals surface area contributed by atoms with Crippen molar-refractivity contribution in [2.75, 3.05) is 6.54 Å². The summed E-state index contributed by atoms with van der Waals surface area (Å²) < 4.78 is 0. The van der Waals surface area contributed by atoms with E-state index in [1.165, 1.54) is 5.56 Å². The molecule has 0 aliphatic rings. The van der Waals surface area contributed by atoms with Crippen LogP contribution in [0.2, 0.25) is 0 Å². The maximum atomic E-state index is 12.2. The van der Waals surface area contributed by atoms with E-state index in [1.54, 1.807) is 6.07 Å². The highest BCUT2D eigenvalue weighted by Gasteiger charge is 2.20. The van der Waals surface area contributed by atoms with Crippen LogP contribution in [0.5, 0.6) is 0 Å². The molecule has 1 heterocycles. The van der Waals surface area contributed by atoms with Crippen molar-refractivity contribution in [3.05, 3.63) is 76.3 Å². The Balaban J connectivity index is 1.51. The van der Waals surface area contributed by atoms with Crippen molar-refractivity contribution in [3.63, 3.8) is 0 Å². The van der Waals surface area contributed by atoms with Crippen molar-refractivity contribution in [2.24, 2.45) is 0 Å². The summed E-state index contributed by atoms with van der Waals surface area (Å²) in [6.45, 7) is 4.82. The summed E-state index contributed by atoms with van der Waals surface area (Å²) in [6.07, 6.45) is 1.61. The van der Waals surface area contributed by atoms with Crippen LogP contribution in [-0.2, 0) is 16.6 Å². The Hall–Kier alpha value is -2.95. The number of aromatic nitrogens is 2. The average Bonchev–Trinajstić information content (AvgIpc) is 2.67. The van der Waals surface area contributed by atoms with E-state index >= 15 is 0 Å². The number of hydrogen-bond acceptors (Lipinski definition) is 3. The minimum atomic E-state index is -0.135. The molecule has 0 saturated carbocycles. The average molecular weight is 363 g/mol. The Kier molecular flexibility index (Phi) is 5.69. The summed E-state index contributed by atoms with van der Waals surface area (Å²) >= 11 is 0. The minimum absolute atomic E-state index is 0.0159. The number of rotatable bonds is 7. The lowest BCUT2D eigenvalue weighted by molar-refractivity contribution is -0.121. The van der Waals surface area contributed by atoms with E-state index in [4.69, 9.17) is 0 Å². The van der Waals surface area contributed by atoms with E-state index in [0.717, 1.165) is 0 Å². The minimum Gasteiger partial charge on any atom is -0.355 e. The number of nitrogens with one attached hydrogen (secondary N) is 2. The van der Waals surface area contributed by atoms with Crippen LogP contribution in [-0.4, -0.2) is 22.4 Å². The van der Waals surface area contributed by atoms with Gasteiger partial charge in [0.2, 0.25) is 5.91 Å². The lowest BCUT2D eigenvalue weighted by atomic mass is 9.84. The topological polar surface area (TPSA) is 74.8 Å². The Morgan fingerprint density at radius 1 is 1.07 bits per heavy atom. The number of hydrogen-bond donors (Lipinski definition) is 2. The highest BCUT2D eigenvalue weighted by Crippen LogP contribution is 2.21. The van der Waals surface area contributed by atoms with E-state index < -0.39 is 0 Å². The fourth-order valence-corrected chi connectivity index (χ4v) is 3.07. The van der Waals surface area contributed by atoms with Crippen LogP contribution in [0, 0.1) is 0 Å². The molecule has 1 amide bonds. The second kappa shape index (κ2) is 8.16. The number of aryl methyl sites for hydroxylation is 1. The number of nitrogens with zero attached hydrogens (tertiary/aromatic N) is 1. The number of fused-ring (bicyclic) bond motifs is 1. The van der Waals surface area contributed by atoms with Gasteiger partial charge in [0, 0.05) is 24.8 Å². The van der Waals surface area contributed by atoms with Crippen molar-refractivity contribution in [1.29, 1.82) is 0 Å². The first kappa shape index (κ1) is 18.8. The van der Waals surface area contributed by atoms with Crippen LogP contribution in [0.25, 0.3) is 10.9 Å². The van der Waals surface area contributed by atoms with Gasteiger partial charge in [-0.2, -0.15) is 0 Å². The van der Waals surface area contributed by atoms with Crippen molar-refractivity contribution in [2.45, 2.75) is 38.5 Å². The molecule has 0 aliphatic carbocycles. The molecule has 0 atom stereocenters. The van der Waals surface area contributed by atoms with Gasteiger partial charge in [0.25, 0.3) is 5.56 Å². The van der Waals surface area contributed by atoms with Gasteiger partial charge in [0.1, 0.15) is 5.82 Å². The fraction of sp³-hybridized carbons (Fsp3) is 0.318. The molecule has 2 N–H and O–H groups in total. The summed E-state index contributed by atoms with van der Waals surface area (Å²) in [5.41, 5.74) is 1.63. The number of benzene rings is 2. The van der Waals surface area contributed by atoms with Crippen molar-refractivity contribution < 1.29 is 4.79 Å². The monoisotopic (exact) mass is 363 g/mol. The number of aromatic amines is 1. The normalized spacial score (nSPS) is 11.5. The van der Waals surface area contributed by atoms with Gasteiger partial charge in [0.15, 0.2) is 0 Å². The second-order valence-corrected chi connectivity index (χ2v) is 7.41. The summed E-state index contributed by atoms with van der Waals surface area (Å²) in [5.74, 6) is 0.637. The molecule has 27 heavy (non-hydrogen) atoms.